The van der Waals surface area contributed by atoms with Gasteiger partial charge in [-0.15, -0.1) is 0 Å². The van der Waals surface area contributed by atoms with Crippen LogP contribution in [-0.2, 0) is 11.2 Å². The van der Waals surface area contributed by atoms with Crippen molar-refractivity contribution >= 4 is 11.8 Å². The zero-order valence-electron chi connectivity index (χ0n) is 12.2. The summed E-state index contributed by atoms with van der Waals surface area (Å²) in [5.74, 6) is -0.947. The Bertz CT molecular complexity index is 749. The summed E-state index contributed by atoms with van der Waals surface area (Å²) in [6.45, 7) is 1.70. The first kappa shape index (κ1) is 14.3. The van der Waals surface area contributed by atoms with Gasteiger partial charge in [-0.05, 0) is 37.0 Å². The summed E-state index contributed by atoms with van der Waals surface area (Å²) >= 11 is 0. The van der Waals surface area contributed by atoms with Gasteiger partial charge in [0, 0.05) is 5.56 Å². The first-order valence-electron chi connectivity index (χ1n) is 7.19. The summed E-state index contributed by atoms with van der Waals surface area (Å²) in [6.07, 6.45) is 0.371. The standard InChI is InChI=1S/C18H16O4/c1-11-5-4-8-14(16(11)19)18(21)22-15-10-9-12-6-2-3-7-13(12)17(15)20/h2-8,15,19H,9-10H2,1H3. The molecule has 0 bridgehead atoms. The van der Waals surface area contributed by atoms with E-state index in [4.69, 9.17) is 4.74 Å². The highest BCUT2D eigenvalue weighted by Crippen LogP contribution is 2.26. The van der Waals surface area contributed by atoms with Crippen LogP contribution in [0.3, 0.4) is 0 Å². The molecule has 0 spiro atoms. The molecule has 0 aliphatic heterocycles. The molecular formula is C18H16O4. The number of phenolic OH excluding ortho intramolecular Hbond substituents is 1. The van der Waals surface area contributed by atoms with E-state index in [1.807, 2.05) is 12.1 Å². The fraction of sp³-hybridized carbons (Fsp3) is 0.222. The Kier molecular flexibility index (Phi) is 3.67. The third kappa shape index (κ3) is 2.48. The highest BCUT2D eigenvalue weighted by molar-refractivity contribution is 6.04. The van der Waals surface area contributed by atoms with Crippen molar-refractivity contribution in [2.75, 3.05) is 0 Å². The predicted molar refractivity (Wildman–Crippen MR) is 81.1 cm³/mol. The van der Waals surface area contributed by atoms with Crippen LogP contribution in [0.25, 0.3) is 0 Å². The first-order valence-corrected chi connectivity index (χ1v) is 7.19. The van der Waals surface area contributed by atoms with E-state index in [-0.39, 0.29) is 17.1 Å². The van der Waals surface area contributed by atoms with Gasteiger partial charge in [0.15, 0.2) is 6.10 Å². The van der Waals surface area contributed by atoms with Crippen molar-refractivity contribution in [1.82, 2.24) is 0 Å². The Morgan fingerprint density at radius 1 is 1.18 bits per heavy atom. The average molecular weight is 296 g/mol. The van der Waals surface area contributed by atoms with Crippen LogP contribution in [-0.4, -0.2) is 23.0 Å². The predicted octanol–water partition coefficient (Wildman–Crippen LogP) is 3.06. The van der Waals surface area contributed by atoms with Crippen LogP contribution in [0.4, 0.5) is 0 Å². The number of phenols is 1. The number of fused-ring (bicyclic) bond motifs is 1. The van der Waals surface area contributed by atoms with Gasteiger partial charge in [0.1, 0.15) is 11.3 Å². The van der Waals surface area contributed by atoms with E-state index in [1.165, 1.54) is 6.07 Å². The molecule has 1 unspecified atom stereocenters. The highest BCUT2D eigenvalue weighted by Gasteiger charge is 2.31. The van der Waals surface area contributed by atoms with Crippen LogP contribution in [0, 0.1) is 6.92 Å². The molecule has 1 aliphatic carbocycles. The third-order valence-electron chi connectivity index (χ3n) is 3.96. The number of carbonyl (C=O) groups is 2. The molecule has 3 rings (SSSR count). The Labute approximate surface area is 128 Å². The molecule has 2 aromatic rings. The van der Waals surface area contributed by atoms with Gasteiger partial charge in [-0.25, -0.2) is 4.79 Å². The van der Waals surface area contributed by atoms with E-state index < -0.39 is 12.1 Å². The fourth-order valence-electron chi connectivity index (χ4n) is 2.70. The number of benzene rings is 2. The summed E-state index contributed by atoms with van der Waals surface area (Å²) in [4.78, 5) is 24.6. The molecule has 0 saturated heterocycles. The monoisotopic (exact) mass is 296 g/mol. The number of aryl methyl sites for hydroxylation is 2. The topological polar surface area (TPSA) is 63.6 Å². The number of aromatic hydroxyl groups is 1. The number of hydrogen-bond acceptors (Lipinski definition) is 4. The van der Waals surface area contributed by atoms with E-state index in [2.05, 4.69) is 0 Å². The number of ketones is 1. The molecule has 0 aromatic heterocycles. The second kappa shape index (κ2) is 5.64. The summed E-state index contributed by atoms with van der Waals surface area (Å²) in [5, 5.41) is 9.94. The van der Waals surface area contributed by atoms with E-state index in [9.17, 15) is 14.7 Å². The Morgan fingerprint density at radius 2 is 1.95 bits per heavy atom. The van der Waals surface area contributed by atoms with Gasteiger partial charge in [-0.1, -0.05) is 36.4 Å². The van der Waals surface area contributed by atoms with Crippen LogP contribution >= 0.6 is 0 Å². The summed E-state index contributed by atoms with van der Waals surface area (Å²) < 4.78 is 5.33. The molecule has 4 heteroatoms. The first-order chi connectivity index (χ1) is 10.6. The van der Waals surface area contributed by atoms with Crippen molar-refractivity contribution in [3.63, 3.8) is 0 Å². The van der Waals surface area contributed by atoms with E-state index >= 15 is 0 Å². The lowest BCUT2D eigenvalue weighted by molar-refractivity contribution is 0.0254. The Morgan fingerprint density at radius 3 is 2.77 bits per heavy atom. The molecule has 0 heterocycles. The van der Waals surface area contributed by atoms with Gasteiger partial charge in [-0.3, -0.25) is 4.79 Å². The minimum atomic E-state index is -0.790. The Hall–Kier alpha value is -2.62. The summed E-state index contributed by atoms with van der Waals surface area (Å²) in [6, 6.07) is 12.2. The van der Waals surface area contributed by atoms with Gasteiger partial charge in [0.2, 0.25) is 5.78 Å². The Balaban J connectivity index is 1.81. The summed E-state index contributed by atoms with van der Waals surface area (Å²) in [7, 11) is 0. The third-order valence-corrected chi connectivity index (χ3v) is 3.96. The van der Waals surface area contributed by atoms with Crippen molar-refractivity contribution in [2.24, 2.45) is 0 Å². The van der Waals surface area contributed by atoms with Gasteiger partial charge in [-0.2, -0.15) is 0 Å². The van der Waals surface area contributed by atoms with Crippen molar-refractivity contribution in [3.05, 3.63) is 64.7 Å². The van der Waals surface area contributed by atoms with Crippen molar-refractivity contribution in [3.8, 4) is 5.75 Å². The number of esters is 1. The molecule has 1 N–H and O–H groups in total. The second-order valence-corrected chi connectivity index (χ2v) is 5.43. The van der Waals surface area contributed by atoms with Crippen LogP contribution in [0.5, 0.6) is 5.75 Å². The largest absolute Gasteiger partial charge is 0.507 e. The molecule has 0 fully saturated rings. The molecule has 1 atom stereocenters. The van der Waals surface area contributed by atoms with Gasteiger partial charge in [0.05, 0.1) is 0 Å². The van der Waals surface area contributed by atoms with Crippen LogP contribution in [0.2, 0.25) is 0 Å². The van der Waals surface area contributed by atoms with Crippen molar-refractivity contribution in [1.29, 1.82) is 0 Å². The number of hydrogen-bond donors (Lipinski definition) is 1. The fourth-order valence-corrected chi connectivity index (χ4v) is 2.70. The van der Waals surface area contributed by atoms with E-state index in [1.54, 1.807) is 31.2 Å². The average Bonchev–Trinajstić information content (AvgIpc) is 2.53. The maximum Gasteiger partial charge on any atom is 0.342 e. The van der Waals surface area contributed by atoms with Gasteiger partial charge in [0.25, 0.3) is 0 Å². The molecular weight excluding hydrogens is 280 g/mol. The minimum absolute atomic E-state index is 0.0895. The second-order valence-electron chi connectivity index (χ2n) is 5.43. The quantitative estimate of drug-likeness (QED) is 0.865. The smallest absolute Gasteiger partial charge is 0.342 e. The summed E-state index contributed by atoms with van der Waals surface area (Å²) in [5.41, 5.74) is 2.28. The van der Waals surface area contributed by atoms with E-state index in [0.717, 1.165) is 5.56 Å². The van der Waals surface area contributed by atoms with Crippen molar-refractivity contribution in [2.45, 2.75) is 25.9 Å². The molecule has 112 valence electrons. The molecule has 22 heavy (non-hydrogen) atoms. The zero-order valence-corrected chi connectivity index (χ0v) is 12.2. The maximum absolute atomic E-state index is 12.4. The molecule has 0 amide bonds. The number of rotatable bonds is 2. The van der Waals surface area contributed by atoms with Crippen LogP contribution < -0.4 is 0 Å². The lowest BCUT2D eigenvalue weighted by Crippen LogP contribution is -2.32. The maximum atomic E-state index is 12.4. The highest BCUT2D eigenvalue weighted by atomic mass is 16.5. The number of ether oxygens (including phenoxy) is 1. The molecule has 2 aromatic carbocycles. The number of Topliss-reactive ketones (excluding diaryl/α,β-unsaturated/α-hetero) is 1. The molecule has 1 aliphatic rings. The number of carbonyl (C=O) groups excluding carboxylic acids is 2. The van der Waals surface area contributed by atoms with E-state index in [0.29, 0.717) is 24.0 Å². The molecule has 0 saturated carbocycles. The van der Waals surface area contributed by atoms with Gasteiger partial charge >= 0.3 is 5.97 Å². The molecule has 0 radical (unpaired) electrons. The zero-order chi connectivity index (χ0) is 15.7. The normalized spacial score (nSPS) is 17.0. The van der Waals surface area contributed by atoms with Crippen molar-refractivity contribution < 1.29 is 19.4 Å². The lowest BCUT2D eigenvalue weighted by atomic mass is 9.88. The number of para-hydroxylation sites is 1. The minimum Gasteiger partial charge on any atom is -0.507 e. The lowest BCUT2D eigenvalue weighted by Gasteiger charge is -2.23. The van der Waals surface area contributed by atoms with Crippen LogP contribution in [0.15, 0.2) is 42.5 Å². The van der Waals surface area contributed by atoms with Crippen LogP contribution in [0.1, 0.15) is 38.3 Å². The molecule has 4 nitrogen and oxygen atoms in total. The van der Waals surface area contributed by atoms with Gasteiger partial charge < -0.3 is 9.84 Å². The SMILES string of the molecule is Cc1cccc(C(=O)OC2CCc3ccccc3C2=O)c1O.